The van der Waals surface area contributed by atoms with Gasteiger partial charge in [0.05, 0.1) is 5.92 Å². The molecular formula is C6H9ClO2. The van der Waals surface area contributed by atoms with Gasteiger partial charge in [0.15, 0.2) is 0 Å². The van der Waals surface area contributed by atoms with Crippen molar-refractivity contribution in [3.8, 4) is 0 Å². The van der Waals surface area contributed by atoms with Crippen LogP contribution in [0.3, 0.4) is 0 Å². The van der Waals surface area contributed by atoms with Gasteiger partial charge in [-0.2, -0.15) is 0 Å². The molecule has 0 aliphatic rings. The fraction of sp³-hybridized carbons (Fsp3) is 0.500. The first kappa shape index (κ1) is 8.50. The van der Waals surface area contributed by atoms with Gasteiger partial charge in [0.25, 0.3) is 0 Å². The van der Waals surface area contributed by atoms with Crippen molar-refractivity contribution in [1.82, 2.24) is 0 Å². The lowest BCUT2D eigenvalue weighted by atomic mass is 10.1. The lowest BCUT2D eigenvalue weighted by Gasteiger charge is -1.98. The fourth-order valence-electron chi connectivity index (χ4n) is 0.356. The van der Waals surface area contributed by atoms with Gasteiger partial charge < -0.3 is 5.11 Å². The van der Waals surface area contributed by atoms with Crippen molar-refractivity contribution in [2.75, 3.05) is 0 Å². The molecule has 0 fully saturated rings. The second kappa shape index (κ2) is 4.39. The molecule has 1 atom stereocenters. The molecule has 1 unspecified atom stereocenters. The van der Waals surface area contributed by atoms with Crippen molar-refractivity contribution in [2.24, 2.45) is 5.92 Å². The highest BCUT2D eigenvalue weighted by Crippen LogP contribution is 2.02. The van der Waals surface area contributed by atoms with Crippen LogP contribution in [0.25, 0.3) is 0 Å². The number of carbonyl (C=O) groups is 1. The Kier molecular flexibility index (Phi) is 4.14. The third-order valence-corrected chi connectivity index (χ3v) is 1.18. The van der Waals surface area contributed by atoms with E-state index in [0.29, 0.717) is 6.42 Å². The fourth-order valence-corrected chi connectivity index (χ4v) is 0.459. The van der Waals surface area contributed by atoms with Crippen molar-refractivity contribution >= 4 is 17.6 Å². The number of rotatable bonds is 3. The van der Waals surface area contributed by atoms with E-state index in [4.69, 9.17) is 16.7 Å². The number of halogens is 1. The molecule has 0 saturated carbocycles. The van der Waals surface area contributed by atoms with Crippen LogP contribution in [0.15, 0.2) is 11.6 Å². The van der Waals surface area contributed by atoms with Crippen LogP contribution >= 0.6 is 11.6 Å². The minimum Gasteiger partial charge on any atom is -0.481 e. The molecule has 0 amide bonds. The first-order chi connectivity index (χ1) is 4.18. The van der Waals surface area contributed by atoms with E-state index < -0.39 is 5.97 Å². The van der Waals surface area contributed by atoms with Crippen LogP contribution in [-0.2, 0) is 4.79 Å². The predicted molar refractivity (Wildman–Crippen MR) is 36.4 cm³/mol. The SMILES string of the molecule is CC(C/C=C/Cl)C(=O)O. The number of hydrogen-bond donors (Lipinski definition) is 1. The summed E-state index contributed by atoms with van der Waals surface area (Å²) in [5.41, 5.74) is 1.33. The van der Waals surface area contributed by atoms with Gasteiger partial charge in [-0.25, -0.2) is 0 Å². The van der Waals surface area contributed by atoms with E-state index in [1.54, 1.807) is 13.0 Å². The zero-order chi connectivity index (χ0) is 7.28. The second-order valence-electron chi connectivity index (χ2n) is 1.84. The van der Waals surface area contributed by atoms with E-state index in [0.717, 1.165) is 0 Å². The summed E-state index contributed by atoms with van der Waals surface area (Å²) in [6, 6.07) is 0. The average Bonchev–Trinajstić information content (AvgIpc) is 1.82. The molecule has 0 rings (SSSR count). The minimum atomic E-state index is -0.787. The highest BCUT2D eigenvalue weighted by molar-refractivity contribution is 6.25. The predicted octanol–water partition coefficient (Wildman–Crippen LogP) is 1.85. The van der Waals surface area contributed by atoms with Gasteiger partial charge >= 0.3 is 5.97 Å². The van der Waals surface area contributed by atoms with E-state index in [-0.39, 0.29) is 5.92 Å². The smallest absolute Gasteiger partial charge is 0.306 e. The molecule has 2 nitrogen and oxygen atoms in total. The molecular weight excluding hydrogens is 140 g/mol. The van der Waals surface area contributed by atoms with Crippen molar-refractivity contribution < 1.29 is 9.90 Å². The molecule has 0 aromatic rings. The van der Waals surface area contributed by atoms with Crippen molar-refractivity contribution in [3.63, 3.8) is 0 Å². The summed E-state index contributed by atoms with van der Waals surface area (Å²) in [6.07, 6.45) is 2.12. The third kappa shape index (κ3) is 4.03. The Morgan fingerprint density at radius 3 is 2.78 bits per heavy atom. The molecule has 0 bridgehead atoms. The normalized spacial score (nSPS) is 14.0. The summed E-state index contributed by atoms with van der Waals surface area (Å²) >= 11 is 5.18. The van der Waals surface area contributed by atoms with Crippen molar-refractivity contribution in [1.29, 1.82) is 0 Å². The number of allylic oxidation sites excluding steroid dienone is 1. The monoisotopic (exact) mass is 148 g/mol. The van der Waals surface area contributed by atoms with E-state index in [9.17, 15) is 4.79 Å². The van der Waals surface area contributed by atoms with Crippen LogP contribution < -0.4 is 0 Å². The molecule has 0 aromatic carbocycles. The number of aliphatic carboxylic acids is 1. The second-order valence-corrected chi connectivity index (χ2v) is 2.09. The Morgan fingerprint density at radius 2 is 2.44 bits per heavy atom. The maximum atomic E-state index is 10.1. The maximum Gasteiger partial charge on any atom is 0.306 e. The van der Waals surface area contributed by atoms with Gasteiger partial charge in [0.1, 0.15) is 0 Å². The molecule has 0 aliphatic carbocycles. The average molecular weight is 149 g/mol. The maximum absolute atomic E-state index is 10.1. The highest BCUT2D eigenvalue weighted by Gasteiger charge is 2.06. The molecule has 0 saturated heterocycles. The zero-order valence-corrected chi connectivity index (χ0v) is 5.93. The van der Waals surface area contributed by atoms with Crippen LogP contribution in [0.5, 0.6) is 0 Å². The first-order valence-electron chi connectivity index (χ1n) is 2.66. The van der Waals surface area contributed by atoms with Crippen LogP contribution in [0.2, 0.25) is 0 Å². The van der Waals surface area contributed by atoms with Crippen molar-refractivity contribution in [3.05, 3.63) is 11.6 Å². The van der Waals surface area contributed by atoms with Crippen LogP contribution in [-0.4, -0.2) is 11.1 Å². The quantitative estimate of drug-likeness (QED) is 0.663. The molecule has 0 aliphatic heterocycles. The summed E-state index contributed by atoms with van der Waals surface area (Å²) in [7, 11) is 0. The number of carboxylic acids is 1. The molecule has 1 N–H and O–H groups in total. The molecule has 0 heterocycles. The summed E-state index contributed by atoms with van der Waals surface area (Å²) in [6.45, 7) is 1.64. The minimum absolute atomic E-state index is 0.333. The Balaban J connectivity index is 3.50. The molecule has 0 radical (unpaired) electrons. The van der Waals surface area contributed by atoms with E-state index >= 15 is 0 Å². The lowest BCUT2D eigenvalue weighted by Crippen LogP contribution is -2.07. The molecule has 3 heteroatoms. The van der Waals surface area contributed by atoms with Crippen LogP contribution in [0.1, 0.15) is 13.3 Å². The Bertz CT molecular complexity index is 120. The Morgan fingerprint density at radius 1 is 1.89 bits per heavy atom. The van der Waals surface area contributed by atoms with Gasteiger partial charge in [-0.3, -0.25) is 4.79 Å². The summed E-state index contributed by atoms with van der Waals surface area (Å²) in [5, 5.41) is 8.33. The summed E-state index contributed by atoms with van der Waals surface area (Å²) in [5.74, 6) is -1.12. The number of carboxylic acid groups (broad SMARTS) is 1. The van der Waals surface area contributed by atoms with E-state index in [2.05, 4.69) is 0 Å². The Hall–Kier alpha value is -0.500. The molecule has 9 heavy (non-hydrogen) atoms. The van der Waals surface area contributed by atoms with Gasteiger partial charge in [-0.05, 0) is 6.42 Å². The first-order valence-corrected chi connectivity index (χ1v) is 3.10. The van der Waals surface area contributed by atoms with Crippen molar-refractivity contribution in [2.45, 2.75) is 13.3 Å². The largest absolute Gasteiger partial charge is 0.481 e. The van der Waals surface area contributed by atoms with E-state index in [1.807, 2.05) is 0 Å². The van der Waals surface area contributed by atoms with Crippen LogP contribution in [0.4, 0.5) is 0 Å². The van der Waals surface area contributed by atoms with E-state index in [1.165, 1.54) is 5.54 Å². The highest BCUT2D eigenvalue weighted by atomic mass is 35.5. The molecule has 0 aromatic heterocycles. The topological polar surface area (TPSA) is 37.3 Å². The molecule has 52 valence electrons. The Labute approximate surface area is 59.1 Å². The third-order valence-electron chi connectivity index (χ3n) is 1.00. The van der Waals surface area contributed by atoms with Gasteiger partial charge in [-0.15, -0.1) is 0 Å². The van der Waals surface area contributed by atoms with Gasteiger partial charge in [0.2, 0.25) is 0 Å². The summed E-state index contributed by atoms with van der Waals surface area (Å²) in [4.78, 5) is 10.1. The lowest BCUT2D eigenvalue weighted by molar-refractivity contribution is -0.140. The zero-order valence-electron chi connectivity index (χ0n) is 5.17. The standard InChI is InChI=1S/C6H9ClO2/c1-5(6(8)9)3-2-4-7/h2,4-5H,3H2,1H3,(H,8,9)/b4-2+. The molecule has 0 spiro atoms. The summed E-state index contributed by atoms with van der Waals surface area (Å²) < 4.78 is 0. The van der Waals surface area contributed by atoms with Crippen LogP contribution in [0, 0.1) is 5.92 Å². The van der Waals surface area contributed by atoms with Gasteiger partial charge in [-0.1, -0.05) is 24.6 Å². The number of hydrogen-bond acceptors (Lipinski definition) is 1. The van der Waals surface area contributed by atoms with Gasteiger partial charge in [0, 0.05) is 5.54 Å².